The number of pyridine rings is 1. The largest absolute Gasteiger partial charge is 0.438 e. The van der Waals surface area contributed by atoms with Gasteiger partial charge in [0.2, 0.25) is 5.88 Å². The molecule has 6 heterocycles. The molecule has 6 rings (SSSR count). The van der Waals surface area contributed by atoms with Gasteiger partial charge >= 0.3 is 0 Å². The van der Waals surface area contributed by atoms with Gasteiger partial charge in [0.1, 0.15) is 11.3 Å². The molecule has 3 aromatic rings. The summed E-state index contributed by atoms with van der Waals surface area (Å²) in [6.45, 7) is 3.24. The molecule has 3 saturated heterocycles. The predicted octanol–water partition coefficient (Wildman–Crippen LogP) is 1.23. The van der Waals surface area contributed by atoms with Crippen LogP contribution in [0.1, 0.15) is 23.3 Å². The molecule has 3 aromatic heterocycles. The Labute approximate surface area is 143 Å². The lowest BCUT2D eigenvalue weighted by atomic mass is 9.84. The number of carbonyl (C=O) groups excluding carboxylic acids is 1. The normalized spacial score (nSPS) is 25.4. The number of hydrogen-bond acceptors (Lipinski definition) is 6. The number of carbonyl (C=O) groups is 1. The van der Waals surface area contributed by atoms with Crippen molar-refractivity contribution in [3.05, 3.63) is 36.4 Å². The Bertz CT molecular complexity index is 911. The number of furan rings is 1. The summed E-state index contributed by atoms with van der Waals surface area (Å²) in [5.74, 6) is 0.990. The van der Waals surface area contributed by atoms with E-state index in [1.165, 1.54) is 4.68 Å². The minimum Gasteiger partial charge on any atom is -0.438 e. The Hall–Kier alpha value is -2.74. The molecule has 8 heteroatoms. The van der Waals surface area contributed by atoms with Gasteiger partial charge in [0.05, 0.1) is 12.4 Å². The highest BCUT2D eigenvalue weighted by Gasteiger charge is 2.35. The molecule has 0 radical (unpaired) electrons. The van der Waals surface area contributed by atoms with Gasteiger partial charge in [0, 0.05) is 36.3 Å². The summed E-state index contributed by atoms with van der Waals surface area (Å²) in [7, 11) is 0. The summed E-state index contributed by atoms with van der Waals surface area (Å²) in [6, 6.07) is 3.73. The smallest absolute Gasteiger partial charge is 0.270 e. The van der Waals surface area contributed by atoms with Crippen LogP contribution in [0.2, 0.25) is 0 Å². The zero-order valence-corrected chi connectivity index (χ0v) is 13.6. The molecule has 1 unspecified atom stereocenters. The Balaban J connectivity index is 1.38. The van der Waals surface area contributed by atoms with Gasteiger partial charge in [-0.25, -0.2) is 0 Å². The zero-order chi connectivity index (χ0) is 16.8. The van der Waals surface area contributed by atoms with Gasteiger partial charge in [-0.05, 0) is 31.8 Å². The number of fused-ring (bicyclic) bond motifs is 4. The fourth-order valence-corrected chi connectivity index (χ4v) is 3.85. The van der Waals surface area contributed by atoms with Crippen LogP contribution in [-0.2, 0) is 0 Å². The molecule has 25 heavy (non-hydrogen) atoms. The fourth-order valence-electron chi connectivity index (χ4n) is 3.85. The maximum atomic E-state index is 12.6. The van der Waals surface area contributed by atoms with Gasteiger partial charge in [-0.2, -0.15) is 4.68 Å². The number of rotatable bonds is 3. The molecule has 3 aliphatic heterocycles. The average molecular weight is 338 g/mol. The third kappa shape index (κ3) is 2.58. The number of nitrogens with one attached hydrogen (secondary N) is 1. The molecule has 128 valence electrons. The van der Waals surface area contributed by atoms with Crippen LogP contribution in [0, 0.1) is 5.92 Å². The summed E-state index contributed by atoms with van der Waals surface area (Å²) in [5.41, 5.74) is 0.989. The first-order valence-corrected chi connectivity index (χ1v) is 8.56. The lowest BCUT2D eigenvalue weighted by Gasteiger charge is -2.44. The van der Waals surface area contributed by atoms with Crippen molar-refractivity contribution in [1.82, 2.24) is 30.2 Å². The van der Waals surface area contributed by atoms with Gasteiger partial charge in [-0.15, -0.1) is 5.10 Å². The van der Waals surface area contributed by atoms with Crippen LogP contribution in [0.25, 0.3) is 16.9 Å². The lowest BCUT2D eigenvalue weighted by Crippen LogP contribution is -2.57. The van der Waals surface area contributed by atoms with Crippen molar-refractivity contribution in [2.75, 3.05) is 19.6 Å². The van der Waals surface area contributed by atoms with Gasteiger partial charge in [0.25, 0.3) is 5.91 Å². The van der Waals surface area contributed by atoms with Crippen LogP contribution in [0.15, 0.2) is 35.1 Å². The van der Waals surface area contributed by atoms with Crippen molar-refractivity contribution in [3.63, 3.8) is 0 Å². The van der Waals surface area contributed by atoms with E-state index < -0.39 is 0 Å². The topological polar surface area (TPSA) is 89.1 Å². The molecular formula is C17H18N6O2. The summed E-state index contributed by atoms with van der Waals surface area (Å²) in [6.07, 6.45) is 7.27. The van der Waals surface area contributed by atoms with Crippen LogP contribution in [0.4, 0.5) is 0 Å². The standard InChI is InChI=1S/C17H18N6O2/c24-17(20-14-10-22-4-1-11(14)2-5-22)13-8-15-12(9-18-13)7-16(25-15)23-6-3-19-21-23/h3,6-9,11,14H,1-2,4-5,10H2,(H,20,24). The fraction of sp³-hybridized carbons (Fsp3) is 0.412. The van der Waals surface area contributed by atoms with Crippen molar-refractivity contribution in [1.29, 1.82) is 0 Å². The van der Waals surface area contributed by atoms with Gasteiger partial charge in [0.15, 0.2) is 0 Å². The SMILES string of the molecule is O=C(NC1CN2CCC1CC2)c1cc2oc(-n3ccnn3)cc2cn1. The van der Waals surface area contributed by atoms with E-state index in [1.807, 2.05) is 6.07 Å². The van der Waals surface area contributed by atoms with E-state index in [-0.39, 0.29) is 11.9 Å². The Kier molecular flexibility index (Phi) is 3.30. The minimum absolute atomic E-state index is 0.139. The molecule has 2 bridgehead atoms. The van der Waals surface area contributed by atoms with E-state index in [4.69, 9.17) is 4.42 Å². The Morgan fingerprint density at radius 1 is 1.28 bits per heavy atom. The van der Waals surface area contributed by atoms with Crippen LogP contribution in [0.3, 0.4) is 0 Å². The second kappa shape index (κ2) is 5.66. The molecule has 1 amide bonds. The molecule has 0 spiro atoms. The van der Waals surface area contributed by atoms with Crippen LogP contribution in [-0.4, -0.2) is 56.5 Å². The monoisotopic (exact) mass is 338 g/mol. The van der Waals surface area contributed by atoms with E-state index in [9.17, 15) is 4.79 Å². The Morgan fingerprint density at radius 3 is 2.88 bits per heavy atom. The van der Waals surface area contributed by atoms with E-state index in [2.05, 4.69) is 25.5 Å². The van der Waals surface area contributed by atoms with Crippen molar-refractivity contribution in [3.8, 4) is 5.88 Å². The summed E-state index contributed by atoms with van der Waals surface area (Å²) < 4.78 is 7.31. The van der Waals surface area contributed by atoms with Crippen molar-refractivity contribution in [2.24, 2.45) is 5.92 Å². The van der Waals surface area contributed by atoms with Crippen LogP contribution in [0.5, 0.6) is 0 Å². The number of piperidine rings is 3. The van der Waals surface area contributed by atoms with Gasteiger partial charge in [-0.3, -0.25) is 9.78 Å². The molecule has 0 aromatic carbocycles. The van der Waals surface area contributed by atoms with E-state index in [0.717, 1.165) is 37.9 Å². The van der Waals surface area contributed by atoms with Gasteiger partial charge in [-0.1, -0.05) is 5.21 Å². The highest BCUT2D eigenvalue weighted by atomic mass is 16.4. The third-order valence-corrected chi connectivity index (χ3v) is 5.24. The quantitative estimate of drug-likeness (QED) is 0.773. The first kappa shape index (κ1) is 14.6. The van der Waals surface area contributed by atoms with Crippen LogP contribution >= 0.6 is 0 Å². The van der Waals surface area contributed by atoms with Crippen molar-refractivity contribution < 1.29 is 9.21 Å². The predicted molar refractivity (Wildman–Crippen MR) is 89.3 cm³/mol. The first-order chi connectivity index (χ1) is 12.3. The van der Waals surface area contributed by atoms with Gasteiger partial charge < -0.3 is 14.6 Å². The van der Waals surface area contributed by atoms with E-state index in [0.29, 0.717) is 23.1 Å². The number of nitrogens with zero attached hydrogens (tertiary/aromatic N) is 5. The highest BCUT2D eigenvalue weighted by molar-refractivity contribution is 5.95. The number of aromatic nitrogens is 4. The number of hydrogen-bond donors (Lipinski definition) is 1. The molecular weight excluding hydrogens is 320 g/mol. The highest BCUT2D eigenvalue weighted by Crippen LogP contribution is 2.28. The molecule has 1 N–H and O–H groups in total. The molecule has 3 aliphatic rings. The molecule has 8 nitrogen and oxygen atoms in total. The summed E-state index contributed by atoms with van der Waals surface area (Å²) in [5, 5.41) is 11.7. The molecule has 1 atom stereocenters. The molecule has 0 saturated carbocycles. The minimum atomic E-state index is -0.139. The Morgan fingerprint density at radius 2 is 2.16 bits per heavy atom. The average Bonchev–Trinajstić information content (AvgIpc) is 3.31. The van der Waals surface area contributed by atoms with Crippen molar-refractivity contribution >= 4 is 16.9 Å². The summed E-state index contributed by atoms with van der Waals surface area (Å²) >= 11 is 0. The second-order valence-electron chi connectivity index (χ2n) is 6.76. The maximum Gasteiger partial charge on any atom is 0.270 e. The molecule has 0 aliphatic carbocycles. The zero-order valence-electron chi connectivity index (χ0n) is 13.6. The molecule has 3 fully saturated rings. The number of amides is 1. The summed E-state index contributed by atoms with van der Waals surface area (Å²) in [4.78, 5) is 19.3. The second-order valence-corrected chi connectivity index (χ2v) is 6.76. The van der Waals surface area contributed by atoms with E-state index >= 15 is 0 Å². The van der Waals surface area contributed by atoms with Crippen LogP contribution < -0.4 is 5.32 Å². The lowest BCUT2D eigenvalue weighted by molar-refractivity contribution is 0.0618. The maximum absolute atomic E-state index is 12.6. The van der Waals surface area contributed by atoms with E-state index in [1.54, 1.807) is 24.7 Å². The van der Waals surface area contributed by atoms with Crippen molar-refractivity contribution in [2.45, 2.75) is 18.9 Å². The first-order valence-electron chi connectivity index (χ1n) is 8.56. The third-order valence-electron chi connectivity index (χ3n) is 5.24.